The third-order valence-electron chi connectivity index (χ3n) is 3.64. The van der Waals surface area contributed by atoms with Crippen LogP contribution >= 0.6 is 0 Å². The van der Waals surface area contributed by atoms with Crippen LogP contribution in [0.4, 0.5) is 13.2 Å². The van der Waals surface area contributed by atoms with Crippen LogP contribution in [0.5, 0.6) is 11.5 Å². The first kappa shape index (κ1) is 20.2. The highest BCUT2D eigenvalue weighted by atomic mass is 19.4. The molecule has 0 aliphatic rings. The number of halogens is 3. The monoisotopic (exact) mass is 377 g/mol. The topological polar surface area (TPSA) is 47.6 Å². The number of amides is 1. The summed E-state index contributed by atoms with van der Waals surface area (Å²) in [6.45, 7) is 0.0152. The van der Waals surface area contributed by atoms with Crippen LogP contribution in [-0.2, 0) is 17.4 Å². The quantitative estimate of drug-likeness (QED) is 0.813. The molecule has 27 heavy (non-hydrogen) atoms. The van der Waals surface area contributed by atoms with Crippen LogP contribution in [0.2, 0.25) is 0 Å². The molecule has 0 aliphatic heterocycles. The molecule has 0 fully saturated rings. The largest absolute Gasteiger partial charge is 0.497 e. The first-order valence-corrected chi connectivity index (χ1v) is 7.97. The standard InChI is InChI=1S/C20H18F3NO3/c1-26-17-8-9-18(27-2)15(12-17)13-19(25)24-10-4-6-14-5-3-7-16(11-14)20(21,22)23/h3,5,7-9,11-12H,10,13H2,1-2H3,(H,24,25). The van der Waals surface area contributed by atoms with Crippen LogP contribution in [0.25, 0.3) is 0 Å². The highest BCUT2D eigenvalue weighted by Crippen LogP contribution is 2.29. The fourth-order valence-electron chi connectivity index (χ4n) is 2.32. The van der Waals surface area contributed by atoms with Crippen molar-refractivity contribution in [3.05, 3.63) is 59.2 Å². The normalized spacial score (nSPS) is 10.6. The molecule has 2 aromatic carbocycles. The fraction of sp³-hybridized carbons (Fsp3) is 0.250. The number of methoxy groups -OCH3 is 2. The van der Waals surface area contributed by atoms with Crippen LogP contribution in [-0.4, -0.2) is 26.7 Å². The summed E-state index contributed by atoms with van der Waals surface area (Å²) in [5, 5.41) is 2.60. The highest BCUT2D eigenvalue weighted by molar-refractivity contribution is 5.79. The van der Waals surface area contributed by atoms with Crippen molar-refractivity contribution in [2.24, 2.45) is 0 Å². The van der Waals surface area contributed by atoms with E-state index in [0.717, 1.165) is 12.1 Å². The van der Waals surface area contributed by atoms with E-state index < -0.39 is 11.7 Å². The summed E-state index contributed by atoms with van der Waals surface area (Å²) in [5.74, 6) is 6.12. The van der Waals surface area contributed by atoms with Crippen LogP contribution in [0.3, 0.4) is 0 Å². The predicted octanol–water partition coefficient (Wildman–Crippen LogP) is 3.43. The van der Waals surface area contributed by atoms with Crippen molar-refractivity contribution in [3.63, 3.8) is 0 Å². The van der Waals surface area contributed by atoms with Gasteiger partial charge in [-0.05, 0) is 36.4 Å². The number of hydrogen-bond acceptors (Lipinski definition) is 3. The van der Waals surface area contributed by atoms with Crippen molar-refractivity contribution in [2.45, 2.75) is 12.6 Å². The van der Waals surface area contributed by atoms with Gasteiger partial charge in [0.15, 0.2) is 0 Å². The second-order valence-corrected chi connectivity index (χ2v) is 5.51. The molecule has 0 unspecified atom stereocenters. The minimum Gasteiger partial charge on any atom is -0.497 e. The molecule has 2 rings (SSSR count). The summed E-state index contributed by atoms with van der Waals surface area (Å²) in [6, 6.07) is 9.85. The first-order valence-electron chi connectivity index (χ1n) is 7.97. The molecule has 0 bridgehead atoms. The molecule has 142 valence electrons. The number of hydrogen-bond donors (Lipinski definition) is 1. The van der Waals surface area contributed by atoms with E-state index in [4.69, 9.17) is 9.47 Å². The smallest absolute Gasteiger partial charge is 0.416 e. The second-order valence-electron chi connectivity index (χ2n) is 5.51. The highest BCUT2D eigenvalue weighted by Gasteiger charge is 2.30. The van der Waals surface area contributed by atoms with Crippen molar-refractivity contribution >= 4 is 5.91 Å². The summed E-state index contributed by atoms with van der Waals surface area (Å²) >= 11 is 0. The van der Waals surface area contributed by atoms with Gasteiger partial charge in [-0.15, -0.1) is 0 Å². The van der Waals surface area contributed by atoms with E-state index in [9.17, 15) is 18.0 Å². The van der Waals surface area contributed by atoms with Gasteiger partial charge in [0.25, 0.3) is 0 Å². The van der Waals surface area contributed by atoms with Gasteiger partial charge in [0.1, 0.15) is 11.5 Å². The number of rotatable bonds is 5. The van der Waals surface area contributed by atoms with Gasteiger partial charge in [-0.2, -0.15) is 13.2 Å². The molecule has 0 spiro atoms. The molecule has 0 saturated carbocycles. The van der Waals surface area contributed by atoms with Gasteiger partial charge >= 0.3 is 6.18 Å². The maximum Gasteiger partial charge on any atom is 0.416 e. The summed E-state index contributed by atoms with van der Waals surface area (Å²) in [4.78, 5) is 12.1. The van der Waals surface area contributed by atoms with E-state index in [-0.39, 0.29) is 24.4 Å². The number of carbonyl (C=O) groups excluding carboxylic acids is 1. The van der Waals surface area contributed by atoms with Crippen molar-refractivity contribution in [3.8, 4) is 23.3 Å². The minimum atomic E-state index is -4.41. The molecular formula is C20H18F3NO3. The Morgan fingerprint density at radius 1 is 1.11 bits per heavy atom. The lowest BCUT2D eigenvalue weighted by Gasteiger charge is -2.10. The molecule has 0 aliphatic carbocycles. The third-order valence-corrected chi connectivity index (χ3v) is 3.64. The zero-order valence-electron chi connectivity index (χ0n) is 14.8. The van der Waals surface area contributed by atoms with Crippen molar-refractivity contribution in [1.29, 1.82) is 0 Å². The zero-order chi connectivity index (χ0) is 19.9. The second kappa shape index (κ2) is 8.99. The molecule has 0 atom stereocenters. The van der Waals surface area contributed by atoms with Gasteiger partial charge < -0.3 is 14.8 Å². The van der Waals surface area contributed by atoms with E-state index in [1.807, 2.05) is 0 Å². The van der Waals surface area contributed by atoms with Gasteiger partial charge in [-0.3, -0.25) is 4.79 Å². The van der Waals surface area contributed by atoms with Crippen LogP contribution in [0.1, 0.15) is 16.7 Å². The molecule has 0 radical (unpaired) electrons. The van der Waals surface area contributed by atoms with E-state index in [1.54, 1.807) is 18.2 Å². The average Bonchev–Trinajstić information content (AvgIpc) is 2.64. The van der Waals surface area contributed by atoms with Crippen LogP contribution in [0, 0.1) is 11.8 Å². The Labute approximate surface area is 155 Å². The molecule has 0 aromatic heterocycles. The Bertz CT molecular complexity index is 867. The molecule has 0 heterocycles. The van der Waals surface area contributed by atoms with Crippen LogP contribution in [0.15, 0.2) is 42.5 Å². The SMILES string of the molecule is COc1ccc(OC)c(CC(=O)NCC#Cc2cccc(C(F)(F)F)c2)c1. The average molecular weight is 377 g/mol. The summed E-state index contributed by atoms with van der Waals surface area (Å²) in [7, 11) is 3.03. The Morgan fingerprint density at radius 2 is 1.89 bits per heavy atom. The molecule has 0 saturated heterocycles. The Kier molecular flexibility index (Phi) is 6.72. The summed E-state index contributed by atoms with van der Waals surface area (Å²) < 4.78 is 48.3. The summed E-state index contributed by atoms with van der Waals surface area (Å²) in [5.41, 5.74) is 0.122. The fourth-order valence-corrected chi connectivity index (χ4v) is 2.32. The molecule has 4 nitrogen and oxygen atoms in total. The number of ether oxygens (including phenoxy) is 2. The summed E-state index contributed by atoms with van der Waals surface area (Å²) in [6.07, 6.45) is -4.35. The van der Waals surface area contributed by atoms with Crippen molar-refractivity contribution < 1.29 is 27.4 Å². The predicted molar refractivity (Wildman–Crippen MR) is 94.6 cm³/mol. The van der Waals surface area contributed by atoms with E-state index in [2.05, 4.69) is 17.2 Å². The maximum absolute atomic E-state index is 12.7. The van der Waals surface area contributed by atoms with Crippen molar-refractivity contribution in [1.82, 2.24) is 5.32 Å². The maximum atomic E-state index is 12.7. The van der Waals surface area contributed by atoms with E-state index >= 15 is 0 Å². The van der Waals surface area contributed by atoms with Crippen LogP contribution < -0.4 is 14.8 Å². The Hall–Kier alpha value is -3.14. The lowest BCUT2D eigenvalue weighted by atomic mass is 10.1. The van der Waals surface area contributed by atoms with Gasteiger partial charge in [0.05, 0.1) is 32.7 Å². The molecule has 1 amide bonds. The van der Waals surface area contributed by atoms with E-state index in [1.165, 1.54) is 26.4 Å². The van der Waals surface area contributed by atoms with Gasteiger partial charge in [0, 0.05) is 11.1 Å². The number of alkyl halides is 3. The lowest BCUT2D eigenvalue weighted by Crippen LogP contribution is -2.25. The number of benzene rings is 2. The van der Waals surface area contributed by atoms with Gasteiger partial charge in [-0.25, -0.2) is 0 Å². The molecule has 1 N–H and O–H groups in total. The number of nitrogens with one attached hydrogen (secondary N) is 1. The van der Waals surface area contributed by atoms with Crippen molar-refractivity contribution in [2.75, 3.05) is 20.8 Å². The third kappa shape index (κ3) is 5.96. The lowest BCUT2D eigenvalue weighted by molar-refractivity contribution is -0.137. The molecule has 7 heteroatoms. The molecule has 2 aromatic rings. The number of carbonyl (C=O) groups is 1. The van der Waals surface area contributed by atoms with Gasteiger partial charge in [-0.1, -0.05) is 17.9 Å². The Balaban J connectivity index is 1.95. The zero-order valence-corrected chi connectivity index (χ0v) is 14.8. The first-order chi connectivity index (χ1) is 12.8. The van der Waals surface area contributed by atoms with Gasteiger partial charge in [0.2, 0.25) is 5.91 Å². The van der Waals surface area contributed by atoms with E-state index in [0.29, 0.717) is 17.1 Å². The Morgan fingerprint density at radius 3 is 2.56 bits per heavy atom. The molecular weight excluding hydrogens is 359 g/mol. The minimum absolute atomic E-state index is 0.0152.